The number of benzene rings is 2. The summed E-state index contributed by atoms with van der Waals surface area (Å²) in [4.78, 5) is 35.2. The monoisotopic (exact) mass is 361 g/mol. The Morgan fingerprint density at radius 3 is 2.20 bits per heavy atom. The average molecular weight is 362 g/mol. The maximum atomic E-state index is 11.9. The van der Waals surface area contributed by atoms with Crippen LogP contribution in [0, 0.1) is 6.92 Å². The normalized spacial score (nSPS) is 10.0. The zero-order chi connectivity index (χ0) is 18.4. The van der Waals surface area contributed by atoms with Gasteiger partial charge in [-0.25, -0.2) is 9.59 Å². The van der Waals surface area contributed by atoms with E-state index in [0.717, 1.165) is 5.56 Å². The number of hydrogen-bond donors (Lipinski definition) is 1. The van der Waals surface area contributed by atoms with Gasteiger partial charge in [-0.3, -0.25) is 4.79 Å². The van der Waals surface area contributed by atoms with Crippen LogP contribution in [0.25, 0.3) is 0 Å². The molecular weight excluding hydrogens is 346 g/mol. The largest absolute Gasteiger partial charge is 0.465 e. The van der Waals surface area contributed by atoms with Crippen LogP contribution in [0.2, 0.25) is 5.02 Å². The number of esters is 2. The molecule has 0 saturated carbocycles. The van der Waals surface area contributed by atoms with Crippen LogP contribution in [-0.2, 0) is 14.3 Å². The van der Waals surface area contributed by atoms with Crippen LogP contribution in [0.4, 0.5) is 5.69 Å². The minimum Gasteiger partial charge on any atom is -0.465 e. The molecular formula is C18H16ClNO5. The van der Waals surface area contributed by atoms with Crippen molar-refractivity contribution in [3.8, 4) is 0 Å². The van der Waals surface area contributed by atoms with Gasteiger partial charge < -0.3 is 14.8 Å². The van der Waals surface area contributed by atoms with Gasteiger partial charge in [0.05, 0.1) is 18.2 Å². The van der Waals surface area contributed by atoms with E-state index >= 15 is 0 Å². The summed E-state index contributed by atoms with van der Waals surface area (Å²) < 4.78 is 9.53. The van der Waals surface area contributed by atoms with E-state index < -0.39 is 24.5 Å². The first-order valence-electron chi connectivity index (χ1n) is 7.32. The molecule has 0 atom stereocenters. The molecule has 0 unspecified atom stereocenters. The molecule has 0 fully saturated rings. The van der Waals surface area contributed by atoms with Crippen LogP contribution in [0.1, 0.15) is 26.3 Å². The van der Waals surface area contributed by atoms with Crippen LogP contribution >= 0.6 is 11.6 Å². The second-order valence-electron chi connectivity index (χ2n) is 5.15. The lowest BCUT2D eigenvalue weighted by Gasteiger charge is -2.09. The molecule has 0 radical (unpaired) electrons. The first kappa shape index (κ1) is 18.5. The Labute approximate surface area is 149 Å². The lowest BCUT2D eigenvalue weighted by Crippen LogP contribution is -2.21. The van der Waals surface area contributed by atoms with Crippen LogP contribution in [0.5, 0.6) is 0 Å². The van der Waals surface area contributed by atoms with E-state index in [1.807, 2.05) is 6.92 Å². The molecule has 2 aromatic carbocycles. The molecule has 2 rings (SSSR count). The van der Waals surface area contributed by atoms with E-state index in [4.69, 9.17) is 16.3 Å². The second kappa shape index (κ2) is 8.30. The van der Waals surface area contributed by atoms with Crippen molar-refractivity contribution in [2.75, 3.05) is 19.0 Å². The summed E-state index contributed by atoms with van der Waals surface area (Å²) in [7, 11) is 1.27. The predicted molar refractivity (Wildman–Crippen MR) is 92.9 cm³/mol. The van der Waals surface area contributed by atoms with Gasteiger partial charge in [-0.05, 0) is 48.9 Å². The Hall–Kier alpha value is -2.86. The average Bonchev–Trinajstić information content (AvgIpc) is 2.62. The summed E-state index contributed by atoms with van der Waals surface area (Å²) in [6.07, 6.45) is 0. The summed E-state index contributed by atoms with van der Waals surface area (Å²) in [5, 5.41) is 3.12. The van der Waals surface area contributed by atoms with Crippen molar-refractivity contribution in [2.24, 2.45) is 0 Å². The Balaban J connectivity index is 1.92. The number of amides is 1. The van der Waals surface area contributed by atoms with Crippen molar-refractivity contribution in [2.45, 2.75) is 6.92 Å². The van der Waals surface area contributed by atoms with Gasteiger partial charge >= 0.3 is 11.9 Å². The zero-order valence-corrected chi connectivity index (χ0v) is 14.4. The van der Waals surface area contributed by atoms with Crippen molar-refractivity contribution in [1.82, 2.24) is 0 Å². The van der Waals surface area contributed by atoms with Gasteiger partial charge in [-0.2, -0.15) is 0 Å². The lowest BCUT2D eigenvalue weighted by atomic mass is 10.1. The molecule has 7 heteroatoms. The van der Waals surface area contributed by atoms with Gasteiger partial charge in [0.2, 0.25) is 0 Å². The van der Waals surface area contributed by atoms with Crippen LogP contribution in [0.15, 0.2) is 42.5 Å². The number of carbonyl (C=O) groups is 3. The molecule has 130 valence electrons. The van der Waals surface area contributed by atoms with Crippen molar-refractivity contribution >= 4 is 35.1 Å². The Morgan fingerprint density at radius 1 is 1.00 bits per heavy atom. The van der Waals surface area contributed by atoms with Gasteiger partial charge in [0.25, 0.3) is 5.91 Å². The molecule has 6 nitrogen and oxygen atoms in total. The van der Waals surface area contributed by atoms with Gasteiger partial charge in [-0.1, -0.05) is 17.7 Å². The van der Waals surface area contributed by atoms with Crippen LogP contribution in [0.3, 0.4) is 0 Å². The SMILES string of the molecule is COC(=O)c1ccc(C(=O)OCC(=O)Nc2cc(Cl)ccc2C)cc1. The number of rotatable bonds is 5. The number of nitrogens with one attached hydrogen (secondary N) is 1. The number of ether oxygens (including phenoxy) is 2. The van der Waals surface area contributed by atoms with Gasteiger partial charge in [0, 0.05) is 10.7 Å². The maximum Gasteiger partial charge on any atom is 0.338 e. The Morgan fingerprint density at radius 2 is 1.60 bits per heavy atom. The minimum absolute atomic E-state index is 0.222. The Bertz CT molecular complexity index is 802. The number of methoxy groups -OCH3 is 1. The third-order valence-electron chi connectivity index (χ3n) is 3.35. The maximum absolute atomic E-state index is 11.9. The number of anilines is 1. The van der Waals surface area contributed by atoms with Crippen LogP contribution in [-0.4, -0.2) is 31.6 Å². The molecule has 2 aromatic rings. The lowest BCUT2D eigenvalue weighted by molar-refractivity contribution is -0.119. The van der Waals surface area contributed by atoms with Gasteiger partial charge in [0.1, 0.15) is 0 Å². The predicted octanol–water partition coefficient (Wildman–Crippen LogP) is 3.23. The van der Waals surface area contributed by atoms with Crippen molar-refractivity contribution in [1.29, 1.82) is 0 Å². The molecule has 0 saturated heterocycles. The molecule has 0 bridgehead atoms. The highest BCUT2D eigenvalue weighted by atomic mass is 35.5. The summed E-state index contributed by atoms with van der Waals surface area (Å²) in [6.45, 7) is 1.38. The summed E-state index contributed by atoms with van der Waals surface area (Å²) in [5.41, 5.74) is 1.92. The van der Waals surface area contributed by atoms with E-state index in [9.17, 15) is 14.4 Å². The molecule has 1 amide bonds. The van der Waals surface area contributed by atoms with E-state index in [1.54, 1.807) is 18.2 Å². The van der Waals surface area contributed by atoms with Crippen molar-refractivity contribution in [3.63, 3.8) is 0 Å². The molecule has 0 heterocycles. The zero-order valence-electron chi connectivity index (χ0n) is 13.7. The summed E-state index contributed by atoms with van der Waals surface area (Å²) in [5.74, 6) is -1.66. The Kier molecular flexibility index (Phi) is 6.14. The molecule has 1 N–H and O–H groups in total. The highest BCUT2D eigenvalue weighted by Crippen LogP contribution is 2.20. The van der Waals surface area contributed by atoms with E-state index in [1.165, 1.54) is 31.4 Å². The quantitative estimate of drug-likeness (QED) is 0.827. The van der Waals surface area contributed by atoms with Gasteiger partial charge in [0.15, 0.2) is 6.61 Å². The molecule has 0 aromatic heterocycles. The molecule has 0 aliphatic rings. The van der Waals surface area contributed by atoms with E-state index in [2.05, 4.69) is 10.1 Å². The van der Waals surface area contributed by atoms with Crippen LogP contribution < -0.4 is 5.32 Å². The highest BCUT2D eigenvalue weighted by Gasteiger charge is 2.13. The van der Waals surface area contributed by atoms with E-state index in [0.29, 0.717) is 16.3 Å². The third-order valence-corrected chi connectivity index (χ3v) is 3.58. The number of aryl methyl sites for hydroxylation is 1. The molecule has 0 spiro atoms. The number of carbonyl (C=O) groups excluding carboxylic acids is 3. The highest BCUT2D eigenvalue weighted by molar-refractivity contribution is 6.31. The van der Waals surface area contributed by atoms with Gasteiger partial charge in [-0.15, -0.1) is 0 Å². The summed E-state index contributed by atoms with van der Waals surface area (Å²) >= 11 is 5.88. The standard InChI is InChI=1S/C18H16ClNO5/c1-11-3-8-14(19)9-15(11)20-16(21)10-25-18(23)13-6-4-12(5-7-13)17(22)24-2/h3-9H,10H2,1-2H3,(H,20,21). The fourth-order valence-electron chi connectivity index (χ4n) is 1.99. The minimum atomic E-state index is -0.672. The van der Waals surface area contributed by atoms with E-state index in [-0.39, 0.29) is 5.56 Å². The molecule has 0 aliphatic heterocycles. The van der Waals surface area contributed by atoms with Crippen molar-refractivity contribution < 1.29 is 23.9 Å². The second-order valence-corrected chi connectivity index (χ2v) is 5.59. The van der Waals surface area contributed by atoms with Crippen molar-refractivity contribution in [3.05, 3.63) is 64.2 Å². The molecule has 25 heavy (non-hydrogen) atoms. The summed E-state index contributed by atoms with van der Waals surface area (Å²) in [6, 6.07) is 10.8. The number of hydrogen-bond acceptors (Lipinski definition) is 5. The third kappa shape index (κ3) is 5.06. The first-order valence-corrected chi connectivity index (χ1v) is 7.70. The topological polar surface area (TPSA) is 81.7 Å². The fourth-order valence-corrected chi connectivity index (χ4v) is 2.16. The first-order chi connectivity index (χ1) is 11.9. The number of halogens is 1. The smallest absolute Gasteiger partial charge is 0.338 e. The fraction of sp³-hybridized carbons (Fsp3) is 0.167. The molecule has 0 aliphatic carbocycles.